The van der Waals surface area contributed by atoms with Gasteiger partial charge < -0.3 is 15.0 Å². The van der Waals surface area contributed by atoms with Crippen LogP contribution in [0.1, 0.15) is 30.4 Å². The Kier molecular flexibility index (Phi) is 4.30. The lowest BCUT2D eigenvalue weighted by molar-refractivity contribution is -0.106. The number of hydrogen-bond acceptors (Lipinski definition) is 2. The van der Waals surface area contributed by atoms with Crippen LogP contribution in [0, 0.1) is 11.8 Å². The predicted molar refractivity (Wildman–Crippen MR) is 110 cm³/mol. The fraction of sp³-hybridized carbons (Fsp3) is 0.417. The molecule has 2 unspecified atom stereocenters. The summed E-state index contributed by atoms with van der Waals surface area (Å²) < 4.78 is 0. The lowest BCUT2D eigenvalue weighted by atomic mass is 9.66. The number of aromatic nitrogens is 1. The van der Waals surface area contributed by atoms with Crippen LogP contribution in [0.5, 0.6) is 0 Å². The Morgan fingerprint density at radius 3 is 2.59 bits per heavy atom. The van der Waals surface area contributed by atoms with Crippen molar-refractivity contribution in [2.75, 3.05) is 19.6 Å². The molecule has 3 fully saturated rings. The lowest BCUT2D eigenvalue weighted by Crippen LogP contribution is -2.55. The minimum absolute atomic E-state index is 0.330. The van der Waals surface area contributed by atoms with Crippen molar-refractivity contribution >= 4 is 10.9 Å². The first-order valence-corrected chi connectivity index (χ1v) is 10.3. The van der Waals surface area contributed by atoms with Crippen LogP contribution < -0.4 is 0 Å². The van der Waals surface area contributed by atoms with Gasteiger partial charge in [0.15, 0.2) is 0 Å². The monoisotopic (exact) mass is 360 g/mol. The number of benzene rings is 2. The van der Waals surface area contributed by atoms with Gasteiger partial charge in [-0.25, -0.2) is 0 Å². The number of nitrogens with zero attached hydrogens (tertiary/aromatic N) is 1. The molecule has 27 heavy (non-hydrogen) atoms. The normalized spacial score (nSPS) is 26.9. The van der Waals surface area contributed by atoms with Crippen LogP contribution in [0.2, 0.25) is 0 Å². The zero-order chi connectivity index (χ0) is 18.3. The number of aliphatic hydroxyl groups is 1. The molecule has 4 heterocycles. The number of hydrogen-bond donors (Lipinski definition) is 2. The van der Waals surface area contributed by atoms with Crippen molar-refractivity contribution in [3.63, 3.8) is 0 Å². The van der Waals surface area contributed by atoms with Gasteiger partial charge in [-0.1, -0.05) is 42.5 Å². The number of nitrogens with one attached hydrogen (secondary N) is 1. The molecule has 6 rings (SSSR count). The van der Waals surface area contributed by atoms with E-state index in [1.165, 1.54) is 42.4 Å². The van der Waals surface area contributed by atoms with Gasteiger partial charge in [0.2, 0.25) is 0 Å². The second-order valence-corrected chi connectivity index (χ2v) is 8.43. The van der Waals surface area contributed by atoms with Gasteiger partial charge in [0.05, 0.1) is 5.60 Å². The molecule has 3 nitrogen and oxygen atoms in total. The molecule has 2 bridgehead atoms. The zero-order valence-electron chi connectivity index (χ0n) is 15.8. The highest BCUT2D eigenvalue weighted by Crippen LogP contribution is 2.45. The third-order valence-corrected chi connectivity index (χ3v) is 6.96. The van der Waals surface area contributed by atoms with Crippen LogP contribution in [0.3, 0.4) is 0 Å². The highest BCUT2D eigenvalue weighted by molar-refractivity contribution is 5.79. The smallest absolute Gasteiger partial charge is 0.0942 e. The highest BCUT2D eigenvalue weighted by Gasteiger charge is 2.47. The minimum Gasteiger partial charge on any atom is -0.385 e. The Balaban J connectivity index is 1.44. The fourth-order valence-electron chi connectivity index (χ4n) is 5.36. The summed E-state index contributed by atoms with van der Waals surface area (Å²) in [6.07, 6.45) is 6.12. The molecule has 3 aromatic rings. The average molecular weight is 361 g/mol. The van der Waals surface area contributed by atoms with E-state index >= 15 is 0 Å². The van der Waals surface area contributed by atoms with Crippen molar-refractivity contribution in [2.45, 2.75) is 31.3 Å². The molecule has 0 spiro atoms. The van der Waals surface area contributed by atoms with E-state index in [0.29, 0.717) is 11.8 Å². The largest absolute Gasteiger partial charge is 0.385 e. The van der Waals surface area contributed by atoms with E-state index < -0.39 is 5.60 Å². The van der Waals surface area contributed by atoms with Crippen LogP contribution in [0.4, 0.5) is 0 Å². The van der Waals surface area contributed by atoms with Crippen LogP contribution in [-0.2, 0) is 12.0 Å². The first-order valence-electron chi connectivity index (χ1n) is 10.3. The number of aromatic amines is 1. The Bertz CT molecular complexity index is 910. The molecule has 140 valence electrons. The standard InChI is InChI=1S/C24H28N2O/c27-24(21-4-2-1-3-5-21,22-17-26-14-10-19(22)11-15-26)12-8-18-6-7-20-9-13-25-23(20)16-18/h1-7,9,13,16,19,22,25,27H,8,10-12,14-15,17H2. The van der Waals surface area contributed by atoms with Crippen LogP contribution in [0.25, 0.3) is 10.9 Å². The molecule has 1 aromatic heterocycles. The molecule has 3 aliphatic heterocycles. The van der Waals surface area contributed by atoms with E-state index in [9.17, 15) is 5.11 Å². The van der Waals surface area contributed by atoms with Crippen molar-refractivity contribution < 1.29 is 5.11 Å². The topological polar surface area (TPSA) is 39.3 Å². The van der Waals surface area contributed by atoms with Gasteiger partial charge >= 0.3 is 0 Å². The quantitative estimate of drug-likeness (QED) is 0.711. The second-order valence-electron chi connectivity index (χ2n) is 8.43. The van der Waals surface area contributed by atoms with Gasteiger partial charge in [-0.05, 0) is 73.3 Å². The Hall–Kier alpha value is -2.10. The molecule has 3 saturated heterocycles. The maximum atomic E-state index is 12.0. The molecule has 0 saturated carbocycles. The third-order valence-electron chi connectivity index (χ3n) is 6.96. The zero-order valence-corrected chi connectivity index (χ0v) is 15.8. The number of H-pyrrole nitrogens is 1. The number of aryl methyl sites for hydroxylation is 1. The van der Waals surface area contributed by atoms with E-state index in [1.807, 2.05) is 12.3 Å². The van der Waals surface area contributed by atoms with Crippen molar-refractivity contribution in [1.29, 1.82) is 0 Å². The van der Waals surface area contributed by atoms with Crippen molar-refractivity contribution in [3.8, 4) is 0 Å². The fourth-order valence-corrected chi connectivity index (χ4v) is 5.36. The molecular formula is C24H28N2O. The third kappa shape index (κ3) is 3.09. The van der Waals surface area contributed by atoms with Gasteiger partial charge in [-0.3, -0.25) is 0 Å². The molecule has 0 radical (unpaired) electrons. The summed E-state index contributed by atoms with van der Waals surface area (Å²) in [7, 11) is 0. The summed E-state index contributed by atoms with van der Waals surface area (Å²) in [6.45, 7) is 3.44. The number of fused-ring (bicyclic) bond motifs is 4. The second kappa shape index (κ2) is 6.81. The molecule has 3 aliphatic rings. The average Bonchev–Trinajstić information content (AvgIpc) is 3.21. The minimum atomic E-state index is -0.754. The summed E-state index contributed by atoms with van der Waals surface area (Å²) in [5.41, 5.74) is 2.80. The summed E-state index contributed by atoms with van der Waals surface area (Å²) in [4.78, 5) is 5.85. The van der Waals surface area contributed by atoms with Crippen molar-refractivity contribution in [3.05, 3.63) is 71.9 Å². The van der Waals surface area contributed by atoms with Gasteiger partial charge in [-0.2, -0.15) is 0 Å². The van der Waals surface area contributed by atoms with E-state index in [2.05, 4.69) is 58.4 Å². The Morgan fingerprint density at radius 2 is 1.85 bits per heavy atom. The van der Waals surface area contributed by atoms with Gasteiger partial charge in [0, 0.05) is 24.2 Å². The highest BCUT2D eigenvalue weighted by atomic mass is 16.3. The van der Waals surface area contributed by atoms with Crippen molar-refractivity contribution in [1.82, 2.24) is 9.88 Å². The van der Waals surface area contributed by atoms with E-state index in [0.717, 1.165) is 24.9 Å². The number of rotatable bonds is 5. The van der Waals surface area contributed by atoms with Crippen LogP contribution >= 0.6 is 0 Å². The SMILES string of the molecule is OC(CCc1ccc2cc[nH]c2c1)(c1ccccc1)C1CN2CCC1CC2. The Labute approximate surface area is 161 Å². The lowest BCUT2D eigenvalue weighted by Gasteiger charge is -2.51. The molecule has 2 aromatic carbocycles. The van der Waals surface area contributed by atoms with Gasteiger partial charge in [-0.15, -0.1) is 0 Å². The van der Waals surface area contributed by atoms with Gasteiger partial charge in [0.25, 0.3) is 0 Å². The Morgan fingerprint density at radius 1 is 1.04 bits per heavy atom. The maximum Gasteiger partial charge on any atom is 0.0942 e. The number of piperidine rings is 3. The molecule has 2 atom stereocenters. The summed E-state index contributed by atoms with van der Waals surface area (Å²) in [6, 6.07) is 19.1. The van der Waals surface area contributed by atoms with E-state index in [1.54, 1.807) is 0 Å². The first kappa shape index (κ1) is 17.0. The van der Waals surface area contributed by atoms with Gasteiger partial charge in [0.1, 0.15) is 0 Å². The summed E-state index contributed by atoms with van der Waals surface area (Å²) >= 11 is 0. The molecule has 0 amide bonds. The van der Waals surface area contributed by atoms with Crippen molar-refractivity contribution in [2.24, 2.45) is 11.8 Å². The maximum absolute atomic E-state index is 12.0. The molecule has 2 N–H and O–H groups in total. The van der Waals surface area contributed by atoms with E-state index in [4.69, 9.17) is 0 Å². The summed E-state index contributed by atoms with van der Waals surface area (Å²) in [5, 5.41) is 13.3. The molecular weight excluding hydrogens is 332 g/mol. The molecule has 0 aliphatic carbocycles. The predicted octanol–water partition coefficient (Wildman–Crippen LogP) is 4.33. The molecule has 3 heteroatoms. The van der Waals surface area contributed by atoms with Crippen LogP contribution in [0.15, 0.2) is 60.8 Å². The van der Waals surface area contributed by atoms with Crippen LogP contribution in [-0.4, -0.2) is 34.6 Å². The first-order chi connectivity index (χ1) is 13.2. The van der Waals surface area contributed by atoms with E-state index in [-0.39, 0.29) is 0 Å². The summed E-state index contributed by atoms with van der Waals surface area (Å²) in [5.74, 6) is 0.975.